The van der Waals surface area contributed by atoms with Crippen LogP contribution in [0, 0.1) is 13.8 Å². The first-order valence-electron chi connectivity index (χ1n) is 8.27. The van der Waals surface area contributed by atoms with E-state index in [4.69, 9.17) is 9.47 Å². The number of hydrogen-bond acceptors (Lipinski definition) is 7. The number of nitrogens with zero attached hydrogens (tertiary/aromatic N) is 2. The number of ether oxygens (including phenoxy) is 2. The highest BCUT2D eigenvalue weighted by Crippen LogP contribution is 2.35. The normalized spacial score (nSPS) is 20.5. The maximum Gasteiger partial charge on any atom is 0.348 e. The highest BCUT2D eigenvalue weighted by Gasteiger charge is 2.27. The SMILES string of the molecule is CCOC(=O)c1sc2nc(C)nc(NC3CCC(OC)C3)c2c1C. The predicted molar refractivity (Wildman–Crippen MR) is 94.9 cm³/mol. The van der Waals surface area contributed by atoms with Gasteiger partial charge in [0.15, 0.2) is 0 Å². The molecule has 0 bridgehead atoms. The maximum absolute atomic E-state index is 12.2. The van der Waals surface area contributed by atoms with Crippen molar-refractivity contribution in [2.24, 2.45) is 0 Å². The number of hydrogen-bond donors (Lipinski definition) is 1. The summed E-state index contributed by atoms with van der Waals surface area (Å²) in [7, 11) is 1.76. The molecule has 2 aromatic rings. The van der Waals surface area contributed by atoms with Crippen LogP contribution in [0.5, 0.6) is 0 Å². The third-order valence-electron chi connectivity index (χ3n) is 4.42. The molecule has 1 N–H and O–H groups in total. The van der Waals surface area contributed by atoms with Gasteiger partial charge in [0.2, 0.25) is 0 Å². The summed E-state index contributed by atoms with van der Waals surface area (Å²) in [6, 6.07) is 0.331. The summed E-state index contributed by atoms with van der Waals surface area (Å²) < 4.78 is 10.6. The van der Waals surface area contributed by atoms with E-state index < -0.39 is 0 Å². The number of aryl methyl sites for hydroxylation is 2. The van der Waals surface area contributed by atoms with Crippen molar-refractivity contribution in [3.8, 4) is 0 Å². The molecule has 0 aromatic carbocycles. The number of carbonyl (C=O) groups excluding carboxylic acids is 1. The summed E-state index contributed by atoms with van der Waals surface area (Å²) >= 11 is 1.37. The highest BCUT2D eigenvalue weighted by atomic mass is 32.1. The molecule has 2 heterocycles. The molecule has 1 aliphatic carbocycles. The van der Waals surface area contributed by atoms with Crippen LogP contribution in [0.4, 0.5) is 5.82 Å². The number of esters is 1. The van der Waals surface area contributed by atoms with E-state index >= 15 is 0 Å². The Hall–Kier alpha value is -1.73. The molecular formula is C17H23N3O3S. The molecule has 0 amide bonds. The predicted octanol–water partition coefficient (Wildman–Crippen LogP) is 3.46. The molecule has 2 aromatic heterocycles. The van der Waals surface area contributed by atoms with Crippen LogP contribution < -0.4 is 5.32 Å². The molecule has 130 valence electrons. The van der Waals surface area contributed by atoms with E-state index in [9.17, 15) is 4.79 Å². The number of thiophene rings is 1. The lowest BCUT2D eigenvalue weighted by molar-refractivity contribution is 0.0531. The van der Waals surface area contributed by atoms with Crippen molar-refractivity contribution in [2.45, 2.75) is 52.2 Å². The Labute approximate surface area is 145 Å². The fourth-order valence-corrected chi connectivity index (χ4v) is 4.34. The molecule has 6 nitrogen and oxygen atoms in total. The van der Waals surface area contributed by atoms with Gasteiger partial charge in [0.1, 0.15) is 21.3 Å². The van der Waals surface area contributed by atoms with Crippen LogP contribution in [0.1, 0.15) is 47.2 Å². The number of carbonyl (C=O) groups is 1. The van der Waals surface area contributed by atoms with Gasteiger partial charge in [-0.05, 0) is 45.6 Å². The Balaban J connectivity index is 1.96. The van der Waals surface area contributed by atoms with Gasteiger partial charge in [-0.2, -0.15) is 0 Å². The molecule has 0 radical (unpaired) electrons. The second-order valence-electron chi connectivity index (χ2n) is 6.09. The van der Waals surface area contributed by atoms with Crippen molar-refractivity contribution >= 4 is 33.3 Å². The van der Waals surface area contributed by atoms with Crippen LogP contribution in [-0.2, 0) is 9.47 Å². The minimum Gasteiger partial charge on any atom is -0.462 e. The topological polar surface area (TPSA) is 73.3 Å². The Morgan fingerprint density at radius 2 is 2.12 bits per heavy atom. The van der Waals surface area contributed by atoms with Crippen molar-refractivity contribution in [3.63, 3.8) is 0 Å². The van der Waals surface area contributed by atoms with E-state index in [0.717, 1.165) is 40.9 Å². The number of nitrogens with one attached hydrogen (secondary N) is 1. The average Bonchev–Trinajstić information content (AvgIpc) is 3.12. The molecular weight excluding hydrogens is 326 g/mol. The summed E-state index contributed by atoms with van der Waals surface area (Å²) in [6.45, 7) is 5.98. The van der Waals surface area contributed by atoms with E-state index in [1.807, 2.05) is 20.8 Å². The van der Waals surface area contributed by atoms with E-state index in [1.54, 1.807) is 7.11 Å². The average molecular weight is 349 g/mol. The van der Waals surface area contributed by atoms with Crippen molar-refractivity contribution < 1.29 is 14.3 Å². The highest BCUT2D eigenvalue weighted by molar-refractivity contribution is 7.20. The molecule has 1 aliphatic rings. The number of methoxy groups -OCH3 is 1. The third-order valence-corrected chi connectivity index (χ3v) is 5.59. The lowest BCUT2D eigenvalue weighted by Gasteiger charge is -2.15. The van der Waals surface area contributed by atoms with E-state index in [2.05, 4.69) is 15.3 Å². The Kier molecular flexibility index (Phi) is 5.01. The summed E-state index contributed by atoms with van der Waals surface area (Å²) in [5.41, 5.74) is 0.886. The number of fused-ring (bicyclic) bond motifs is 1. The zero-order chi connectivity index (χ0) is 17.3. The lowest BCUT2D eigenvalue weighted by Crippen LogP contribution is -2.18. The van der Waals surface area contributed by atoms with Gasteiger partial charge in [0, 0.05) is 13.2 Å². The van der Waals surface area contributed by atoms with Crippen molar-refractivity contribution in [2.75, 3.05) is 19.0 Å². The van der Waals surface area contributed by atoms with Crippen molar-refractivity contribution in [3.05, 3.63) is 16.3 Å². The maximum atomic E-state index is 12.2. The lowest BCUT2D eigenvalue weighted by atomic mass is 10.2. The Bertz CT molecular complexity index is 759. The zero-order valence-corrected chi connectivity index (χ0v) is 15.3. The first-order chi connectivity index (χ1) is 11.5. The standard InChI is InChI=1S/C17H23N3O3S/c1-5-23-17(21)14-9(2)13-15(18-10(3)19-16(13)24-14)20-11-6-7-12(8-11)22-4/h11-12H,5-8H2,1-4H3,(H,18,19,20). The Morgan fingerprint density at radius 1 is 1.33 bits per heavy atom. The van der Waals surface area contributed by atoms with Crippen LogP contribution in [0.15, 0.2) is 0 Å². The van der Waals surface area contributed by atoms with Gasteiger partial charge < -0.3 is 14.8 Å². The minimum absolute atomic E-state index is 0.290. The largest absolute Gasteiger partial charge is 0.462 e. The first-order valence-corrected chi connectivity index (χ1v) is 9.09. The molecule has 1 saturated carbocycles. The zero-order valence-electron chi connectivity index (χ0n) is 14.5. The van der Waals surface area contributed by atoms with E-state index in [1.165, 1.54) is 11.3 Å². The van der Waals surface area contributed by atoms with Crippen molar-refractivity contribution in [1.29, 1.82) is 0 Å². The molecule has 3 rings (SSSR count). The first kappa shape index (κ1) is 17.1. The molecule has 0 aliphatic heterocycles. The van der Waals surface area contributed by atoms with E-state index in [0.29, 0.717) is 29.5 Å². The number of anilines is 1. The Morgan fingerprint density at radius 3 is 2.79 bits per heavy atom. The van der Waals surface area contributed by atoms with Crippen LogP contribution in [0.3, 0.4) is 0 Å². The fourth-order valence-electron chi connectivity index (χ4n) is 3.22. The molecule has 1 fully saturated rings. The van der Waals surface area contributed by atoms with Gasteiger partial charge in [0.05, 0.1) is 18.1 Å². The molecule has 24 heavy (non-hydrogen) atoms. The summed E-state index contributed by atoms with van der Waals surface area (Å²) in [4.78, 5) is 22.7. The molecule has 7 heteroatoms. The second-order valence-corrected chi connectivity index (χ2v) is 7.09. The molecule has 0 saturated heterocycles. The monoisotopic (exact) mass is 349 g/mol. The number of aromatic nitrogens is 2. The van der Waals surface area contributed by atoms with E-state index in [-0.39, 0.29) is 5.97 Å². The van der Waals surface area contributed by atoms with Gasteiger partial charge >= 0.3 is 5.97 Å². The van der Waals surface area contributed by atoms with Crippen LogP contribution in [0.25, 0.3) is 10.2 Å². The second kappa shape index (κ2) is 7.03. The van der Waals surface area contributed by atoms with Crippen LogP contribution in [-0.4, -0.2) is 41.8 Å². The van der Waals surface area contributed by atoms with Gasteiger partial charge in [0.25, 0.3) is 0 Å². The van der Waals surface area contributed by atoms with Crippen molar-refractivity contribution in [1.82, 2.24) is 9.97 Å². The number of rotatable bonds is 5. The third kappa shape index (κ3) is 3.23. The summed E-state index contributed by atoms with van der Waals surface area (Å²) in [5, 5.41) is 4.46. The smallest absolute Gasteiger partial charge is 0.348 e. The molecule has 0 spiro atoms. The summed E-state index contributed by atoms with van der Waals surface area (Å²) in [5.74, 6) is 1.22. The van der Waals surface area contributed by atoms with Gasteiger partial charge in [-0.25, -0.2) is 14.8 Å². The van der Waals surface area contributed by atoms with Gasteiger partial charge in [-0.15, -0.1) is 11.3 Å². The van der Waals surface area contributed by atoms with Gasteiger partial charge in [-0.3, -0.25) is 0 Å². The van der Waals surface area contributed by atoms with Crippen LogP contribution in [0.2, 0.25) is 0 Å². The molecule has 2 unspecified atom stereocenters. The van der Waals surface area contributed by atoms with Gasteiger partial charge in [-0.1, -0.05) is 0 Å². The quantitative estimate of drug-likeness (QED) is 0.833. The minimum atomic E-state index is -0.290. The fraction of sp³-hybridized carbons (Fsp3) is 0.588. The van der Waals surface area contributed by atoms with Crippen LogP contribution >= 0.6 is 11.3 Å². The molecule has 2 atom stereocenters. The summed E-state index contributed by atoms with van der Waals surface area (Å²) in [6.07, 6.45) is 3.38.